The van der Waals surface area contributed by atoms with Gasteiger partial charge in [0.25, 0.3) is 5.91 Å². The number of thiophene rings is 1. The Labute approximate surface area is 103 Å². The Bertz CT molecular complexity index is 534. The van der Waals surface area contributed by atoms with Crippen LogP contribution in [0.5, 0.6) is 0 Å². The normalized spacial score (nSPS) is 10.6. The Morgan fingerprint density at radius 1 is 1.35 bits per heavy atom. The Balaban J connectivity index is 1.95. The lowest BCUT2D eigenvalue weighted by Crippen LogP contribution is -2.17. The lowest BCUT2D eigenvalue weighted by Gasteiger charge is -1.97. The second kappa shape index (κ2) is 5.36. The molecule has 0 aromatic carbocycles. The van der Waals surface area contributed by atoms with E-state index >= 15 is 0 Å². The second-order valence-corrected chi connectivity index (χ2v) is 4.70. The Morgan fingerprint density at radius 3 is 2.76 bits per heavy atom. The molecule has 2 aromatic rings. The van der Waals surface area contributed by atoms with E-state index in [-0.39, 0.29) is 5.91 Å². The molecule has 0 saturated carbocycles. The number of amides is 1. The van der Waals surface area contributed by atoms with Crippen LogP contribution in [0.25, 0.3) is 0 Å². The van der Waals surface area contributed by atoms with Crippen molar-refractivity contribution < 1.29 is 4.79 Å². The fourth-order valence-corrected chi connectivity index (χ4v) is 1.99. The maximum Gasteiger partial charge on any atom is 0.271 e. The van der Waals surface area contributed by atoms with Crippen molar-refractivity contribution in [1.29, 1.82) is 0 Å². The van der Waals surface area contributed by atoms with Gasteiger partial charge in [0.1, 0.15) is 0 Å². The minimum absolute atomic E-state index is 0.239. The van der Waals surface area contributed by atoms with E-state index in [0.29, 0.717) is 5.56 Å². The smallest absolute Gasteiger partial charge is 0.267 e. The highest BCUT2D eigenvalue weighted by atomic mass is 32.1. The van der Waals surface area contributed by atoms with Gasteiger partial charge in [-0.05, 0) is 31.2 Å². The van der Waals surface area contributed by atoms with Crippen molar-refractivity contribution in [3.05, 3.63) is 52.0 Å². The van der Waals surface area contributed by atoms with Crippen molar-refractivity contribution in [1.82, 2.24) is 10.4 Å². The minimum atomic E-state index is -0.239. The molecule has 0 bridgehead atoms. The number of pyridine rings is 1. The summed E-state index contributed by atoms with van der Waals surface area (Å²) >= 11 is 1.62. The Hall–Kier alpha value is -2.01. The zero-order chi connectivity index (χ0) is 12.1. The number of nitrogens with one attached hydrogen (secondary N) is 1. The summed E-state index contributed by atoms with van der Waals surface area (Å²) in [5.74, 6) is -0.239. The summed E-state index contributed by atoms with van der Waals surface area (Å²) < 4.78 is 0. The number of aromatic nitrogens is 1. The maximum absolute atomic E-state index is 11.6. The van der Waals surface area contributed by atoms with Gasteiger partial charge in [-0.25, -0.2) is 5.43 Å². The van der Waals surface area contributed by atoms with Gasteiger partial charge in [-0.2, -0.15) is 5.10 Å². The van der Waals surface area contributed by atoms with Crippen molar-refractivity contribution >= 4 is 23.5 Å². The third kappa shape index (κ3) is 3.22. The first-order valence-corrected chi connectivity index (χ1v) is 5.87. The number of aryl methyl sites for hydroxylation is 1. The molecule has 2 heterocycles. The molecule has 0 radical (unpaired) electrons. The number of hydrazone groups is 1. The van der Waals surface area contributed by atoms with E-state index in [1.54, 1.807) is 42.1 Å². The lowest BCUT2D eigenvalue weighted by molar-refractivity contribution is 0.0955. The molecule has 0 atom stereocenters. The van der Waals surface area contributed by atoms with E-state index < -0.39 is 0 Å². The van der Waals surface area contributed by atoms with Crippen molar-refractivity contribution in [2.24, 2.45) is 5.10 Å². The second-order valence-electron chi connectivity index (χ2n) is 3.38. The molecule has 0 aliphatic carbocycles. The quantitative estimate of drug-likeness (QED) is 0.666. The molecule has 5 heteroatoms. The molecule has 0 fully saturated rings. The molecule has 0 saturated heterocycles. The van der Waals surface area contributed by atoms with Gasteiger partial charge in [0.2, 0.25) is 0 Å². The number of carbonyl (C=O) groups excluding carboxylic acids is 1. The van der Waals surface area contributed by atoms with E-state index in [9.17, 15) is 4.79 Å². The van der Waals surface area contributed by atoms with Crippen molar-refractivity contribution in [3.63, 3.8) is 0 Å². The molecular formula is C12H11N3OS. The van der Waals surface area contributed by atoms with Gasteiger partial charge in [-0.15, -0.1) is 11.3 Å². The molecule has 2 aromatic heterocycles. The summed E-state index contributed by atoms with van der Waals surface area (Å²) in [5.41, 5.74) is 3.01. The van der Waals surface area contributed by atoms with E-state index in [4.69, 9.17) is 0 Å². The van der Waals surface area contributed by atoms with Crippen LogP contribution in [0.3, 0.4) is 0 Å². The van der Waals surface area contributed by atoms with Crippen LogP contribution in [0, 0.1) is 6.92 Å². The molecule has 2 rings (SSSR count). The number of nitrogens with zero attached hydrogens (tertiary/aromatic N) is 2. The third-order valence-electron chi connectivity index (χ3n) is 2.06. The highest BCUT2D eigenvalue weighted by molar-refractivity contribution is 7.13. The van der Waals surface area contributed by atoms with Gasteiger partial charge < -0.3 is 0 Å². The predicted octanol–water partition coefficient (Wildman–Crippen LogP) is 2.22. The number of rotatable bonds is 3. The van der Waals surface area contributed by atoms with Crippen LogP contribution in [0.15, 0.2) is 41.8 Å². The molecule has 0 aliphatic rings. The van der Waals surface area contributed by atoms with Crippen LogP contribution >= 0.6 is 11.3 Å². The zero-order valence-electron chi connectivity index (χ0n) is 9.25. The van der Waals surface area contributed by atoms with E-state index in [1.807, 2.05) is 19.1 Å². The molecule has 0 aliphatic heterocycles. The van der Waals surface area contributed by atoms with E-state index in [1.165, 1.54) is 4.88 Å². The molecule has 0 unspecified atom stereocenters. The van der Waals surface area contributed by atoms with Gasteiger partial charge in [0, 0.05) is 27.7 Å². The summed E-state index contributed by atoms with van der Waals surface area (Å²) in [6, 6.07) is 7.25. The van der Waals surface area contributed by atoms with E-state index in [2.05, 4.69) is 15.5 Å². The van der Waals surface area contributed by atoms with Crippen LogP contribution in [-0.2, 0) is 0 Å². The number of hydrogen-bond donors (Lipinski definition) is 1. The van der Waals surface area contributed by atoms with Crippen molar-refractivity contribution in [2.75, 3.05) is 0 Å². The van der Waals surface area contributed by atoms with Crippen LogP contribution in [0.2, 0.25) is 0 Å². The predicted molar refractivity (Wildman–Crippen MR) is 68.4 cm³/mol. The standard InChI is InChI=1S/C12H11N3OS/c1-9-2-3-11(17-9)8-14-15-12(16)10-4-6-13-7-5-10/h2-8H,1H3,(H,15,16)/b14-8-. The van der Waals surface area contributed by atoms with Crippen LogP contribution < -0.4 is 5.43 Å². The fourth-order valence-electron chi connectivity index (χ4n) is 1.25. The summed E-state index contributed by atoms with van der Waals surface area (Å²) in [6.07, 6.45) is 4.78. The number of hydrogen-bond acceptors (Lipinski definition) is 4. The molecule has 1 amide bonds. The molecule has 0 spiro atoms. The highest BCUT2D eigenvalue weighted by Gasteiger charge is 2.01. The molecule has 17 heavy (non-hydrogen) atoms. The molecule has 86 valence electrons. The summed E-state index contributed by atoms with van der Waals surface area (Å²) in [7, 11) is 0. The zero-order valence-corrected chi connectivity index (χ0v) is 10.1. The van der Waals surface area contributed by atoms with Crippen LogP contribution in [-0.4, -0.2) is 17.1 Å². The molecule has 4 nitrogen and oxygen atoms in total. The third-order valence-corrected chi connectivity index (χ3v) is 3.00. The molecule has 1 N–H and O–H groups in total. The highest BCUT2D eigenvalue weighted by Crippen LogP contribution is 2.12. The van der Waals surface area contributed by atoms with Gasteiger partial charge in [-0.3, -0.25) is 9.78 Å². The van der Waals surface area contributed by atoms with Gasteiger partial charge in [-0.1, -0.05) is 0 Å². The summed E-state index contributed by atoms with van der Waals surface area (Å²) in [6.45, 7) is 2.03. The average molecular weight is 245 g/mol. The largest absolute Gasteiger partial charge is 0.271 e. The molecular weight excluding hydrogens is 234 g/mol. The first kappa shape index (κ1) is 11.5. The summed E-state index contributed by atoms with van der Waals surface area (Å²) in [5, 5.41) is 3.90. The van der Waals surface area contributed by atoms with Crippen LogP contribution in [0.4, 0.5) is 0 Å². The van der Waals surface area contributed by atoms with Crippen molar-refractivity contribution in [2.45, 2.75) is 6.92 Å². The average Bonchev–Trinajstić information content (AvgIpc) is 2.76. The van der Waals surface area contributed by atoms with Crippen LogP contribution in [0.1, 0.15) is 20.1 Å². The topological polar surface area (TPSA) is 54.4 Å². The van der Waals surface area contributed by atoms with Crippen molar-refractivity contribution in [3.8, 4) is 0 Å². The fraction of sp³-hybridized carbons (Fsp3) is 0.0833. The maximum atomic E-state index is 11.6. The first-order valence-electron chi connectivity index (χ1n) is 5.05. The Kier molecular flexibility index (Phi) is 3.62. The van der Waals surface area contributed by atoms with E-state index in [0.717, 1.165) is 4.88 Å². The lowest BCUT2D eigenvalue weighted by atomic mass is 10.3. The van der Waals surface area contributed by atoms with Gasteiger partial charge in [0.05, 0.1) is 6.21 Å². The Morgan fingerprint density at radius 2 is 2.12 bits per heavy atom. The monoisotopic (exact) mass is 245 g/mol. The van der Waals surface area contributed by atoms with Gasteiger partial charge in [0.15, 0.2) is 0 Å². The minimum Gasteiger partial charge on any atom is -0.267 e. The number of carbonyl (C=O) groups is 1. The summed E-state index contributed by atoms with van der Waals surface area (Å²) in [4.78, 5) is 17.7. The SMILES string of the molecule is Cc1ccc(/C=N\NC(=O)c2ccncc2)s1. The first-order chi connectivity index (χ1) is 8.25. The van der Waals surface area contributed by atoms with Gasteiger partial charge >= 0.3 is 0 Å².